The lowest BCUT2D eigenvalue weighted by molar-refractivity contribution is -0.151. The van der Waals surface area contributed by atoms with Gasteiger partial charge in [-0.05, 0) is 49.2 Å². The number of rotatable bonds is 5. The molecule has 3 heteroatoms. The highest BCUT2D eigenvalue weighted by molar-refractivity contribution is 6.19. The van der Waals surface area contributed by atoms with Crippen LogP contribution in [-0.2, 0) is 14.3 Å². The van der Waals surface area contributed by atoms with Crippen LogP contribution in [0.15, 0.2) is 35.9 Å². The average molecular weight is 328 g/mol. The Balaban J connectivity index is 2.18. The third-order valence-electron chi connectivity index (χ3n) is 4.93. The maximum absolute atomic E-state index is 12.6. The number of esters is 1. The van der Waals surface area contributed by atoms with Gasteiger partial charge in [0.15, 0.2) is 5.78 Å². The van der Waals surface area contributed by atoms with Crippen LogP contribution in [0.4, 0.5) is 0 Å². The second kappa shape index (κ2) is 8.27. The van der Waals surface area contributed by atoms with Gasteiger partial charge in [0.25, 0.3) is 0 Å². The topological polar surface area (TPSA) is 43.4 Å². The maximum atomic E-state index is 12.6. The van der Waals surface area contributed by atoms with E-state index in [2.05, 4.69) is 20.8 Å². The molecule has 0 amide bonds. The van der Waals surface area contributed by atoms with E-state index in [9.17, 15) is 9.59 Å². The van der Waals surface area contributed by atoms with Crippen molar-refractivity contribution in [3.8, 4) is 0 Å². The number of ether oxygens (including phenoxy) is 1. The minimum absolute atomic E-state index is 0.0974. The number of hydrogen-bond donors (Lipinski definition) is 0. The van der Waals surface area contributed by atoms with Crippen molar-refractivity contribution in [2.45, 2.75) is 53.1 Å². The Morgan fingerprint density at radius 3 is 2.42 bits per heavy atom. The van der Waals surface area contributed by atoms with Crippen LogP contribution in [0.1, 0.15) is 52.5 Å². The first kappa shape index (κ1) is 18.4. The van der Waals surface area contributed by atoms with Crippen LogP contribution in [0.2, 0.25) is 0 Å². The Hall–Kier alpha value is -1.90. The van der Waals surface area contributed by atoms with Gasteiger partial charge in [-0.3, -0.25) is 4.79 Å². The molecule has 0 aliphatic heterocycles. The highest BCUT2D eigenvalue weighted by atomic mass is 16.5. The summed E-state index contributed by atoms with van der Waals surface area (Å²) in [5.41, 5.74) is 0.957. The highest BCUT2D eigenvalue weighted by Gasteiger charge is 2.34. The highest BCUT2D eigenvalue weighted by Crippen LogP contribution is 2.35. The van der Waals surface area contributed by atoms with Gasteiger partial charge in [-0.25, -0.2) is 4.79 Å². The van der Waals surface area contributed by atoms with Gasteiger partial charge in [-0.2, -0.15) is 0 Å². The summed E-state index contributed by atoms with van der Waals surface area (Å²) in [6.07, 6.45) is 4.66. The quantitative estimate of drug-likeness (QED) is 0.342. The Bertz CT molecular complexity index is 601. The van der Waals surface area contributed by atoms with Gasteiger partial charge in [0, 0.05) is 0 Å². The summed E-state index contributed by atoms with van der Waals surface area (Å²) in [5, 5.41) is 0. The van der Waals surface area contributed by atoms with E-state index in [0.717, 1.165) is 18.4 Å². The first-order valence-corrected chi connectivity index (χ1v) is 8.87. The Morgan fingerprint density at radius 2 is 1.83 bits per heavy atom. The molecule has 24 heavy (non-hydrogen) atoms. The summed E-state index contributed by atoms with van der Waals surface area (Å²) < 4.78 is 5.80. The van der Waals surface area contributed by atoms with Crippen molar-refractivity contribution in [1.29, 1.82) is 0 Å². The van der Waals surface area contributed by atoms with E-state index >= 15 is 0 Å². The maximum Gasteiger partial charge on any atom is 0.342 e. The van der Waals surface area contributed by atoms with E-state index in [-0.39, 0.29) is 17.5 Å². The zero-order chi connectivity index (χ0) is 17.7. The molecule has 0 N–H and O–H groups in total. The molecule has 0 aromatic heterocycles. The molecule has 0 heterocycles. The normalized spacial score (nSPS) is 24.7. The van der Waals surface area contributed by atoms with Crippen molar-refractivity contribution in [2.75, 3.05) is 0 Å². The van der Waals surface area contributed by atoms with Crippen molar-refractivity contribution >= 4 is 17.8 Å². The SMILES string of the molecule is CC(=O)/C(=C/c1ccccc1)C(=O)O[C@@H]1C[C@@H](C)CC[C@H]1C(C)C. The number of ketones is 1. The molecule has 0 bridgehead atoms. The molecule has 0 spiro atoms. The zero-order valence-corrected chi connectivity index (χ0v) is 15.1. The fourth-order valence-electron chi connectivity index (χ4n) is 3.47. The van der Waals surface area contributed by atoms with Crippen molar-refractivity contribution in [3.63, 3.8) is 0 Å². The number of carbonyl (C=O) groups is 2. The lowest BCUT2D eigenvalue weighted by Gasteiger charge is -2.36. The molecule has 1 fully saturated rings. The van der Waals surface area contributed by atoms with E-state index in [1.54, 1.807) is 6.08 Å². The second-order valence-electron chi connectivity index (χ2n) is 7.29. The molecule has 1 saturated carbocycles. The molecule has 130 valence electrons. The minimum Gasteiger partial charge on any atom is -0.458 e. The third-order valence-corrected chi connectivity index (χ3v) is 4.93. The van der Waals surface area contributed by atoms with Gasteiger partial charge >= 0.3 is 5.97 Å². The Morgan fingerprint density at radius 1 is 1.17 bits per heavy atom. The monoisotopic (exact) mass is 328 g/mol. The summed E-state index contributed by atoms with van der Waals surface area (Å²) in [4.78, 5) is 24.6. The van der Waals surface area contributed by atoms with Gasteiger partial charge in [0.2, 0.25) is 0 Å². The Kier molecular flexibility index (Phi) is 6.36. The number of carbonyl (C=O) groups excluding carboxylic acids is 2. The van der Waals surface area contributed by atoms with Crippen molar-refractivity contribution in [2.24, 2.45) is 17.8 Å². The smallest absolute Gasteiger partial charge is 0.342 e. The number of Topliss-reactive ketones (excluding diaryl/α,β-unsaturated/α-hetero) is 1. The van der Waals surface area contributed by atoms with Gasteiger partial charge in [0.05, 0.1) is 0 Å². The summed E-state index contributed by atoms with van der Waals surface area (Å²) in [6.45, 7) is 7.96. The molecule has 2 rings (SSSR count). The van der Waals surface area contributed by atoms with E-state index in [0.29, 0.717) is 17.8 Å². The van der Waals surface area contributed by atoms with Crippen LogP contribution < -0.4 is 0 Å². The molecule has 3 atom stereocenters. The number of hydrogen-bond acceptors (Lipinski definition) is 3. The first-order chi connectivity index (χ1) is 11.4. The fourth-order valence-corrected chi connectivity index (χ4v) is 3.47. The molecule has 1 aromatic rings. The third kappa shape index (κ3) is 4.80. The van der Waals surface area contributed by atoms with Crippen molar-refractivity contribution < 1.29 is 14.3 Å². The van der Waals surface area contributed by atoms with Gasteiger partial charge in [-0.15, -0.1) is 0 Å². The molecule has 3 nitrogen and oxygen atoms in total. The van der Waals surface area contributed by atoms with E-state index in [1.165, 1.54) is 13.3 Å². The van der Waals surface area contributed by atoms with Gasteiger partial charge in [0.1, 0.15) is 11.7 Å². The van der Waals surface area contributed by atoms with Crippen LogP contribution in [0.25, 0.3) is 6.08 Å². The predicted octanol–water partition coefficient (Wildman–Crippen LogP) is 4.66. The van der Waals surface area contributed by atoms with Gasteiger partial charge in [-0.1, -0.05) is 57.5 Å². The standard InChI is InChI=1S/C21H28O3/c1-14(2)18-11-10-15(3)12-20(18)24-21(23)19(16(4)22)13-17-8-6-5-7-9-17/h5-9,13-15,18,20H,10-12H2,1-4H3/b19-13-/t15-,18-,20+/m0/s1. The average Bonchev–Trinajstić information content (AvgIpc) is 2.53. The molecule has 1 aliphatic carbocycles. The van der Waals surface area contributed by atoms with E-state index in [4.69, 9.17) is 4.74 Å². The van der Waals surface area contributed by atoms with Crippen LogP contribution in [0, 0.1) is 17.8 Å². The molecule has 0 unspecified atom stereocenters. The molecule has 1 aromatic carbocycles. The largest absolute Gasteiger partial charge is 0.458 e. The summed E-state index contributed by atoms with van der Waals surface area (Å²) in [6, 6.07) is 9.41. The fraction of sp³-hybridized carbons (Fsp3) is 0.524. The first-order valence-electron chi connectivity index (χ1n) is 8.87. The van der Waals surface area contributed by atoms with Crippen LogP contribution >= 0.6 is 0 Å². The lowest BCUT2D eigenvalue weighted by atomic mass is 9.75. The molecule has 0 saturated heterocycles. The summed E-state index contributed by atoms with van der Waals surface area (Å²) in [7, 11) is 0. The van der Waals surface area contributed by atoms with Gasteiger partial charge < -0.3 is 4.74 Å². The van der Waals surface area contributed by atoms with E-state index < -0.39 is 5.97 Å². The minimum atomic E-state index is -0.490. The van der Waals surface area contributed by atoms with Crippen molar-refractivity contribution in [3.05, 3.63) is 41.5 Å². The zero-order valence-electron chi connectivity index (χ0n) is 15.1. The Labute approximate surface area is 145 Å². The molecule has 0 radical (unpaired) electrons. The van der Waals surface area contributed by atoms with Crippen LogP contribution in [0.5, 0.6) is 0 Å². The summed E-state index contributed by atoms with van der Waals surface area (Å²) in [5.74, 6) is 0.644. The number of benzene rings is 1. The van der Waals surface area contributed by atoms with E-state index in [1.807, 2.05) is 30.3 Å². The molecular formula is C21H28O3. The lowest BCUT2D eigenvalue weighted by Crippen LogP contribution is -2.36. The van der Waals surface area contributed by atoms with Crippen LogP contribution in [0.3, 0.4) is 0 Å². The summed E-state index contributed by atoms with van der Waals surface area (Å²) >= 11 is 0. The van der Waals surface area contributed by atoms with Crippen LogP contribution in [-0.4, -0.2) is 17.9 Å². The molecule has 1 aliphatic rings. The second-order valence-corrected chi connectivity index (χ2v) is 7.29. The van der Waals surface area contributed by atoms with Crippen molar-refractivity contribution in [1.82, 2.24) is 0 Å². The molecular weight excluding hydrogens is 300 g/mol. The predicted molar refractivity (Wildman–Crippen MR) is 96.3 cm³/mol.